The van der Waals surface area contributed by atoms with E-state index in [1.54, 1.807) is 6.07 Å². The average Bonchev–Trinajstić information content (AvgIpc) is 2.32. The van der Waals surface area contributed by atoms with Crippen LogP contribution in [-0.2, 0) is 0 Å². The third-order valence-corrected chi connectivity index (χ3v) is 2.89. The molecule has 1 N–H and O–H groups in total. The van der Waals surface area contributed by atoms with Crippen molar-refractivity contribution >= 4 is 5.78 Å². The fraction of sp³-hybridized carbons (Fsp3) is 0.267. The normalized spacial score (nSPS) is 21.2. The summed E-state index contributed by atoms with van der Waals surface area (Å²) in [6.45, 7) is 3.96. The summed E-state index contributed by atoms with van der Waals surface area (Å²) in [5.74, 6) is 0.0309. The first kappa shape index (κ1) is 11.8. The van der Waals surface area contributed by atoms with Gasteiger partial charge in [-0.1, -0.05) is 42.0 Å². The number of allylic oxidation sites excluding steroid dienone is 3. The smallest absolute Gasteiger partial charge is 0.189 e. The topological polar surface area (TPSA) is 37.3 Å². The summed E-state index contributed by atoms with van der Waals surface area (Å²) < 4.78 is 0. The first-order valence-corrected chi connectivity index (χ1v) is 5.75. The molecule has 0 heterocycles. The van der Waals surface area contributed by atoms with E-state index in [9.17, 15) is 9.90 Å². The van der Waals surface area contributed by atoms with E-state index in [1.165, 1.54) is 0 Å². The van der Waals surface area contributed by atoms with Crippen molar-refractivity contribution in [2.75, 3.05) is 0 Å². The van der Waals surface area contributed by atoms with Gasteiger partial charge in [-0.15, -0.1) is 0 Å². The van der Waals surface area contributed by atoms with Crippen molar-refractivity contribution in [2.24, 2.45) is 0 Å². The fourth-order valence-corrected chi connectivity index (χ4v) is 1.99. The summed E-state index contributed by atoms with van der Waals surface area (Å²) in [5, 5.41) is 10.0. The molecule has 2 rings (SSSR count). The standard InChI is InChI=1S/C15H16O2/c1-10(2)7-8-11-9-14(16)12-5-3-4-6-13(12)15(11)17/h3-8,14,16H,9H2,1-2H3/b11-8+/t14-/m0/s1. The molecule has 0 aliphatic heterocycles. The lowest BCUT2D eigenvalue weighted by atomic mass is 9.84. The van der Waals surface area contributed by atoms with Gasteiger partial charge in [0.05, 0.1) is 6.10 Å². The van der Waals surface area contributed by atoms with Crippen molar-refractivity contribution < 1.29 is 9.90 Å². The zero-order valence-corrected chi connectivity index (χ0v) is 10.1. The summed E-state index contributed by atoms with van der Waals surface area (Å²) in [7, 11) is 0. The van der Waals surface area contributed by atoms with Gasteiger partial charge in [0, 0.05) is 17.6 Å². The summed E-state index contributed by atoms with van der Waals surface area (Å²) in [4.78, 5) is 12.2. The molecule has 0 radical (unpaired) electrons. The lowest BCUT2D eigenvalue weighted by Crippen LogP contribution is -2.18. The van der Waals surface area contributed by atoms with E-state index >= 15 is 0 Å². The molecule has 1 aromatic carbocycles. The highest BCUT2D eigenvalue weighted by Gasteiger charge is 2.27. The van der Waals surface area contributed by atoms with Gasteiger partial charge in [0.15, 0.2) is 5.78 Å². The molecule has 0 fully saturated rings. The molecule has 0 amide bonds. The van der Waals surface area contributed by atoms with Crippen LogP contribution in [0.5, 0.6) is 0 Å². The first-order chi connectivity index (χ1) is 8.09. The van der Waals surface area contributed by atoms with Crippen molar-refractivity contribution in [3.8, 4) is 0 Å². The highest BCUT2D eigenvalue weighted by molar-refractivity contribution is 6.11. The molecule has 2 nitrogen and oxygen atoms in total. The number of rotatable bonds is 1. The van der Waals surface area contributed by atoms with E-state index in [1.807, 2.05) is 44.2 Å². The molecule has 0 aromatic heterocycles. The summed E-state index contributed by atoms with van der Waals surface area (Å²) in [5.41, 5.74) is 3.18. The third kappa shape index (κ3) is 2.37. The summed E-state index contributed by atoms with van der Waals surface area (Å²) in [6.07, 6.45) is 3.56. The number of fused-ring (bicyclic) bond motifs is 1. The van der Waals surface area contributed by atoms with Crippen molar-refractivity contribution in [3.63, 3.8) is 0 Å². The van der Waals surface area contributed by atoms with E-state index in [4.69, 9.17) is 0 Å². The minimum atomic E-state index is -0.569. The first-order valence-electron chi connectivity index (χ1n) is 5.75. The summed E-state index contributed by atoms with van der Waals surface area (Å²) >= 11 is 0. The maximum absolute atomic E-state index is 12.2. The van der Waals surface area contributed by atoms with Crippen LogP contribution in [0.3, 0.4) is 0 Å². The molecule has 0 saturated carbocycles. The van der Waals surface area contributed by atoms with E-state index < -0.39 is 6.10 Å². The highest BCUT2D eigenvalue weighted by Crippen LogP contribution is 2.32. The monoisotopic (exact) mass is 228 g/mol. The molecule has 1 aromatic rings. The zero-order chi connectivity index (χ0) is 12.4. The average molecular weight is 228 g/mol. The van der Waals surface area contributed by atoms with Crippen LogP contribution in [0.4, 0.5) is 0 Å². The Labute approximate surface area is 101 Å². The van der Waals surface area contributed by atoms with E-state index in [2.05, 4.69) is 0 Å². The quantitative estimate of drug-likeness (QED) is 0.749. The van der Waals surface area contributed by atoms with Gasteiger partial charge in [-0.05, 0) is 19.4 Å². The third-order valence-electron chi connectivity index (χ3n) is 2.89. The molecule has 88 valence electrons. The Kier molecular flexibility index (Phi) is 3.25. The molecule has 17 heavy (non-hydrogen) atoms. The molecule has 1 atom stereocenters. The molecule has 0 saturated heterocycles. The van der Waals surface area contributed by atoms with E-state index in [0.29, 0.717) is 17.6 Å². The van der Waals surface area contributed by atoms with Crippen LogP contribution in [-0.4, -0.2) is 10.9 Å². The van der Waals surface area contributed by atoms with Crippen LogP contribution in [0.15, 0.2) is 47.6 Å². The number of Topliss-reactive ketones (excluding diaryl/α,β-unsaturated/α-hetero) is 1. The molecular formula is C15H16O2. The van der Waals surface area contributed by atoms with Crippen molar-refractivity contribution in [3.05, 3.63) is 58.7 Å². The number of hydrogen-bond donors (Lipinski definition) is 1. The second-order valence-corrected chi connectivity index (χ2v) is 4.57. The number of ketones is 1. The van der Waals surface area contributed by atoms with Gasteiger partial charge in [-0.2, -0.15) is 0 Å². The van der Waals surface area contributed by atoms with Crippen molar-refractivity contribution in [2.45, 2.75) is 26.4 Å². The Bertz CT molecular complexity index is 505. The number of benzene rings is 1. The van der Waals surface area contributed by atoms with E-state index in [-0.39, 0.29) is 5.78 Å². The van der Waals surface area contributed by atoms with Crippen LogP contribution in [0, 0.1) is 0 Å². The predicted molar refractivity (Wildman–Crippen MR) is 67.9 cm³/mol. The molecule has 1 aliphatic carbocycles. The predicted octanol–water partition coefficient (Wildman–Crippen LogP) is 3.20. The number of aliphatic hydroxyl groups is 1. The molecule has 0 spiro atoms. The van der Waals surface area contributed by atoms with Crippen molar-refractivity contribution in [1.82, 2.24) is 0 Å². The Morgan fingerprint density at radius 3 is 2.76 bits per heavy atom. The van der Waals surface area contributed by atoms with Gasteiger partial charge in [0.2, 0.25) is 0 Å². The number of hydrogen-bond acceptors (Lipinski definition) is 2. The van der Waals surface area contributed by atoms with Crippen LogP contribution in [0.25, 0.3) is 0 Å². The van der Waals surface area contributed by atoms with Crippen LogP contribution in [0.2, 0.25) is 0 Å². The second-order valence-electron chi connectivity index (χ2n) is 4.57. The van der Waals surface area contributed by atoms with Gasteiger partial charge in [0.25, 0.3) is 0 Å². The molecule has 0 unspecified atom stereocenters. The minimum Gasteiger partial charge on any atom is -0.388 e. The Morgan fingerprint density at radius 1 is 1.35 bits per heavy atom. The lowest BCUT2D eigenvalue weighted by Gasteiger charge is -2.22. The van der Waals surface area contributed by atoms with Crippen LogP contribution < -0.4 is 0 Å². The van der Waals surface area contributed by atoms with E-state index in [0.717, 1.165) is 11.1 Å². The number of carbonyl (C=O) groups is 1. The maximum Gasteiger partial charge on any atom is 0.189 e. The molecular weight excluding hydrogens is 212 g/mol. The Morgan fingerprint density at radius 2 is 2.06 bits per heavy atom. The fourth-order valence-electron chi connectivity index (χ4n) is 1.99. The largest absolute Gasteiger partial charge is 0.388 e. The van der Waals surface area contributed by atoms with Gasteiger partial charge in [-0.25, -0.2) is 0 Å². The molecule has 1 aliphatic rings. The minimum absolute atomic E-state index is 0.0309. The van der Waals surface area contributed by atoms with Crippen LogP contribution in [0.1, 0.15) is 42.3 Å². The number of carbonyl (C=O) groups excluding carboxylic acids is 1. The van der Waals surface area contributed by atoms with Gasteiger partial charge in [-0.3, -0.25) is 4.79 Å². The number of aliphatic hydroxyl groups excluding tert-OH is 1. The Balaban J connectivity index is 2.43. The van der Waals surface area contributed by atoms with Gasteiger partial charge in [0.1, 0.15) is 0 Å². The Hall–Kier alpha value is -1.67. The highest BCUT2D eigenvalue weighted by atomic mass is 16.3. The SMILES string of the molecule is CC(C)=C/C=C1\C[C@H](O)c2ccccc2C1=O. The second kappa shape index (κ2) is 4.68. The molecule has 2 heteroatoms. The van der Waals surface area contributed by atoms with Crippen LogP contribution >= 0.6 is 0 Å². The lowest BCUT2D eigenvalue weighted by molar-refractivity contribution is 0.0977. The molecule has 0 bridgehead atoms. The van der Waals surface area contributed by atoms with Crippen molar-refractivity contribution in [1.29, 1.82) is 0 Å². The zero-order valence-electron chi connectivity index (χ0n) is 10.1. The van der Waals surface area contributed by atoms with Gasteiger partial charge >= 0.3 is 0 Å². The maximum atomic E-state index is 12.2. The van der Waals surface area contributed by atoms with Gasteiger partial charge < -0.3 is 5.11 Å². The summed E-state index contributed by atoms with van der Waals surface area (Å²) in [6, 6.07) is 7.26.